The predicted molar refractivity (Wildman–Crippen MR) is 59.3 cm³/mol. The molecule has 0 atom stereocenters. The number of pyridine rings is 1. The Kier molecular flexibility index (Phi) is 4.27. The Labute approximate surface area is 91.6 Å². The lowest BCUT2D eigenvalue weighted by molar-refractivity contribution is 1.19. The van der Waals surface area contributed by atoms with Gasteiger partial charge < -0.3 is 0 Å². The molecule has 0 saturated heterocycles. The molecule has 13 heavy (non-hydrogen) atoms. The van der Waals surface area contributed by atoms with E-state index in [9.17, 15) is 0 Å². The van der Waals surface area contributed by atoms with Crippen molar-refractivity contribution in [1.82, 2.24) is 4.98 Å². The van der Waals surface area contributed by atoms with Gasteiger partial charge in [0, 0.05) is 17.4 Å². The van der Waals surface area contributed by atoms with Gasteiger partial charge in [0.2, 0.25) is 0 Å². The van der Waals surface area contributed by atoms with E-state index in [-0.39, 0.29) is 0 Å². The summed E-state index contributed by atoms with van der Waals surface area (Å²) in [4.78, 5) is 4.10. The quantitative estimate of drug-likeness (QED) is 0.428. The highest BCUT2D eigenvalue weighted by Gasteiger charge is 1.96. The van der Waals surface area contributed by atoms with Crippen LogP contribution in [0.5, 0.6) is 0 Å². The van der Waals surface area contributed by atoms with Gasteiger partial charge in [0.1, 0.15) is 5.15 Å². The zero-order valence-corrected chi connectivity index (χ0v) is 9.61. The van der Waals surface area contributed by atoms with Crippen LogP contribution in [0.3, 0.4) is 0 Å². The molecular formula is C10H9BrClN. The number of aromatic nitrogens is 1. The summed E-state index contributed by atoms with van der Waals surface area (Å²) in [5.41, 5.74) is 1.71. The smallest absolute Gasteiger partial charge is 0.144 e. The Morgan fingerprint density at radius 3 is 2.92 bits per heavy atom. The minimum Gasteiger partial charge on any atom is -0.240 e. The first-order chi connectivity index (χ1) is 6.24. The molecule has 0 saturated carbocycles. The van der Waals surface area contributed by atoms with E-state index in [1.807, 2.05) is 19.1 Å². The first-order valence-electron chi connectivity index (χ1n) is 3.92. The first-order valence-corrected chi connectivity index (χ1v) is 5.42. The number of alkyl halides is 1. The molecule has 0 aliphatic heterocycles. The van der Waals surface area contributed by atoms with Crippen LogP contribution in [0.15, 0.2) is 12.1 Å². The Morgan fingerprint density at radius 1 is 1.54 bits per heavy atom. The summed E-state index contributed by atoms with van der Waals surface area (Å²) in [6, 6.07) is 3.80. The number of rotatable bonds is 1. The van der Waals surface area contributed by atoms with E-state index in [0.717, 1.165) is 23.0 Å². The molecule has 0 N–H and O–H groups in total. The highest BCUT2D eigenvalue weighted by molar-refractivity contribution is 9.09. The summed E-state index contributed by atoms with van der Waals surface area (Å²) < 4.78 is 0. The first kappa shape index (κ1) is 10.6. The van der Waals surface area contributed by atoms with E-state index >= 15 is 0 Å². The van der Waals surface area contributed by atoms with Crippen LogP contribution in [0.25, 0.3) is 0 Å². The van der Waals surface area contributed by atoms with Gasteiger partial charge in [-0.1, -0.05) is 39.4 Å². The van der Waals surface area contributed by atoms with Gasteiger partial charge in [-0.25, -0.2) is 4.98 Å². The van der Waals surface area contributed by atoms with E-state index in [1.165, 1.54) is 0 Å². The molecule has 68 valence electrons. The largest absolute Gasteiger partial charge is 0.240 e. The number of nitrogens with zero attached hydrogens (tertiary/aromatic N) is 1. The number of aryl methyl sites for hydroxylation is 1. The molecular weight excluding hydrogens is 249 g/mol. The van der Waals surface area contributed by atoms with Crippen molar-refractivity contribution in [2.45, 2.75) is 13.3 Å². The van der Waals surface area contributed by atoms with E-state index in [4.69, 9.17) is 11.6 Å². The maximum Gasteiger partial charge on any atom is 0.144 e. The maximum atomic E-state index is 5.88. The molecule has 1 nitrogen and oxygen atoms in total. The molecule has 3 heteroatoms. The van der Waals surface area contributed by atoms with Crippen LogP contribution < -0.4 is 0 Å². The Morgan fingerprint density at radius 2 is 2.31 bits per heavy atom. The molecule has 0 aliphatic rings. The molecule has 1 rings (SSSR count). The van der Waals surface area contributed by atoms with Crippen molar-refractivity contribution in [2.75, 3.05) is 5.33 Å². The Balaban J connectivity index is 2.85. The molecule has 0 bridgehead atoms. The van der Waals surface area contributed by atoms with Crippen molar-refractivity contribution in [2.24, 2.45) is 0 Å². The summed E-state index contributed by atoms with van der Waals surface area (Å²) >= 11 is 9.19. The van der Waals surface area contributed by atoms with Crippen LogP contribution in [0, 0.1) is 18.8 Å². The monoisotopic (exact) mass is 257 g/mol. The summed E-state index contributed by atoms with van der Waals surface area (Å²) in [6.45, 7) is 1.90. The highest BCUT2D eigenvalue weighted by atomic mass is 79.9. The molecule has 0 fully saturated rings. The van der Waals surface area contributed by atoms with Gasteiger partial charge in [0.05, 0.1) is 5.56 Å². The van der Waals surface area contributed by atoms with Crippen molar-refractivity contribution in [3.63, 3.8) is 0 Å². The SMILES string of the molecule is Cc1ccc(C#CCCBr)c(Cl)n1. The Bertz CT molecular complexity index is 352. The average molecular weight is 259 g/mol. The van der Waals surface area contributed by atoms with E-state index < -0.39 is 0 Å². The van der Waals surface area contributed by atoms with Crippen molar-refractivity contribution >= 4 is 27.5 Å². The second kappa shape index (κ2) is 5.26. The molecule has 0 unspecified atom stereocenters. The van der Waals surface area contributed by atoms with Crippen LogP contribution in [0.1, 0.15) is 17.7 Å². The molecule has 0 aliphatic carbocycles. The number of halogens is 2. The van der Waals surface area contributed by atoms with Crippen LogP contribution >= 0.6 is 27.5 Å². The summed E-state index contributed by atoms with van der Waals surface area (Å²) in [5, 5.41) is 1.37. The van der Waals surface area contributed by atoms with Crippen molar-refractivity contribution < 1.29 is 0 Å². The maximum absolute atomic E-state index is 5.88. The van der Waals surface area contributed by atoms with Crippen LogP contribution in [0.4, 0.5) is 0 Å². The molecule has 1 aromatic rings. The third-order valence-electron chi connectivity index (χ3n) is 1.43. The fourth-order valence-corrected chi connectivity index (χ4v) is 1.27. The third-order valence-corrected chi connectivity index (χ3v) is 2.12. The van der Waals surface area contributed by atoms with Gasteiger partial charge in [0.25, 0.3) is 0 Å². The summed E-state index contributed by atoms with van der Waals surface area (Å²) in [5.74, 6) is 5.96. The fraction of sp³-hybridized carbons (Fsp3) is 0.300. The molecule has 0 aromatic carbocycles. The summed E-state index contributed by atoms with van der Waals surface area (Å²) in [7, 11) is 0. The normalized spacial score (nSPS) is 9.15. The lowest BCUT2D eigenvalue weighted by atomic mass is 10.2. The second-order valence-electron chi connectivity index (χ2n) is 2.53. The lowest BCUT2D eigenvalue weighted by Crippen LogP contribution is -1.85. The van der Waals surface area contributed by atoms with Crippen molar-refractivity contribution in [3.8, 4) is 11.8 Å². The van der Waals surface area contributed by atoms with Gasteiger partial charge >= 0.3 is 0 Å². The van der Waals surface area contributed by atoms with E-state index in [0.29, 0.717) is 5.15 Å². The zero-order chi connectivity index (χ0) is 9.68. The predicted octanol–water partition coefficient (Wildman–Crippen LogP) is 3.18. The standard InChI is InChI=1S/C10H9BrClN/c1-8-5-6-9(10(12)13-8)4-2-3-7-11/h5-6H,3,7H2,1H3. The highest BCUT2D eigenvalue weighted by Crippen LogP contribution is 2.11. The van der Waals surface area contributed by atoms with Gasteiger partial charge in [0.15, 0.2) is 0 Å². The second-order valence-corrected chi connectivity index (χ2v) is 3.68. The minimum absolute atomic E-state index is 0.488. The van der Waals surface area contributed by atoms with Crippen LogP contribution in [-0.4, -0.2) is 10.3 Å². The van der Waals surface area contributed by atoms with Crippen molar-refractivity contribution in [1.29, 1.82) is 0 Å². The van der Waals surface area contributed by atoms with Gasteiger partial charge in [-0.2, -0.15) is 0 Å². The Hall–Kier alpha value is -0.520. The fourth-order valence-electron chi connectivity index (χ4n) is 0.823. The molecule has 0 radical (unpaired) electrons. The third kappa shape index (κ3) is 3.38. The van der Waals surface area contributed by atoms with Gasteiger partial charge in [-0.05, 0) is 19.1 Å². The van der Waals surface area contributed by atoms with E-state index in [1.54, 1.807) is 0 Å². The van der Waals surface area contributed by atoms with E-state index in [2.05, 4.69) is 32.8 Å². The average Bonchev–Trinajstić information content (AvgIpc) is 2.09. The molecule has 1 aromatic heterocycles. The number of hydrogen-bond acceptors (Lipinski definition) is 1. The summed E-state index contributed by atoms with van der Waals surface area (Å²) in [6.07, 6.45) is 0.824. The minimum atomic E-state index is 0.488. The molecule has 0 amide bonds. The molecule has 0 spiro atoms. The zero-order valence-electron chi connectivity index (χ0n) is 7.27. The topological polar surface area (TPSA) is 12.9 Å². The molecule has 1 heterocycles. The van der Waals surface area contributed by atoms with Crippen molar-refractivity contribution in [3.05, 3.63) is 28.5 Å². The lowest BCUT2D eigenvalue weighted by Gasteiger charge is -1.95. The van der Waals surface area contributed by atoms with Gasteiger partial charge in [-0.15, -0.1) is 0 Å². The van der Waals surface area contributed by atoms with Crippen LogP contribution in [0.2, 0.25) is 5.15 Å². The number of hydrogen-bond donors (Lipinski definition) is 0. The van der Waals surface area contributed by atoms with Crippen LogP contribution in [-0.2, 0) is 0 Å². The van der Waals surface area contributed by atoms with Gasteiger partial charge in [-0.3, -0.25) is 0 Å².